The summed E-state index contributed by atoms with van der Waals surface area (Å²) in [5.74, 6) is 1.88. The molecule has 22 heavy (non-hydrogen) atoms. The Morgan fingerprint density at radius 2 is 2.05 bits per heavy atom. The summed E-state index contributed by atoms with van der Waals surface area (Å²) in [5, 5.41) is 1.41. The molecule has 5 rings (SSSR count). The molecule has 3 nitrogen and oxygen atoms in total. The normalized spacial score (nSPS) is 31.6. The second-order valence-electron chi connectivity index (χ2n) is 7.36. The second-order valence-corrected chi connectivity index (χ2v) is 7.36. The van der Waals surface area contributed by atoms with Crippen molar-refractivity contribution in [3.8, 4) is 0 Å². The number of Topliss-reactive ketones (excluding diaryl/α,β-unsaturated/α-hetero) is 1. The van der Waals surface area contributed by atoms with Crippen molar-refractivity contribution in [2.45, 2.75) is 44.7 Å². The number of aromatic amines is 1. The predicted octanol–water partition coefficient (Wildman–Crippen LogP) is 3.28. The van der Waals surface area contributed by atoms with Gasteiger partial charge in [-0.3, -0.25) is 9.69 Å². The van der Waals surface area contributed by atoms with Crippen molar-refractivity contribution >= 4 is 16.7 Å². The second kappa shape index (κ2) is 4.69. The van der Waals surface area contributed by atoms with E-state index >= 15 is 0 Å². The van der Waals surface area contributed by atoms with Gasteiger partial charge in [0.05, 0.1) is 0 Å². The summed E-state index contributed by atoms with van der Waals surface area (Å²) in [7, 11) is 0. The smallest absolute Gasteiger partial charge is 0.133 e. The van der Waals surface area contributed by atoms with Crippen LogP contribution in [0.25, 0.3) is 10.9 Å². The van der Waals surface area contributed by atoms with Crippen LogP contribution in [0.3, 0.4) is 0 Å². The minimum absolute atomic E-state index is 0.498. The van der Waals surface area contributed by atoms with Gasteiger partial charge in [-0.25, -0.2) is 0 Å². The minimum atomic E-state index is 0.498. The summed E-state index contributed by atoms with van der Waals surface area (Å²) in [6.45, 7) is 2.22. The third-order valence-electron chi connectivity index (χ3n) is 6.28. The van der Waals surface area contributed by atoms with Gasteiger partial charge in [0.15, 0.2) is 0 Å². The molecule has 2 aromatic rings. The van der Waals surface area contributed by atoms with E-state index in [2.05, 4.69) is 34.1 Å². The van der Waals surface area contributed by atoms with Crippen LogP contribution in [-0.2, 0) is 17.8 Å². The van der Waals surface area contributed by atoms with Crippen molar-refractivity contribution < 1.29 is 4.79 Å². The van der Waals surface area contributed by atoms with Gasteiger partial charge in [0.2, 0.25) is 0 Å². The number of nitrogens with zero attached hydrogens (tertiary/aromatic N) is 1. The molecule has 1 aromatic heterocycles. The number of para-hydroxylation sites is 1. The fourth-order valence-electron chi connectivity index (χ4n) is 5.21. The van der Waals surface area contributed by atoms with Crippen LogP contribution in [0.1, 0.15) is 36.9 Å². The summed E-state index contributed by atoms with van der Waals surface area (Å²) in [6, 6.07) is 9.35. The van der Waals surface area contributed by atoms with Crippen LogP contribution in [0.2, 0.25) is 0 Å². The first-order valence-electron chi connectivity index (χ1n) is 8.64. The molecule has 0 spiro atoms. The molecule has 2 aliphatic heterocycles. The van der Waals surface area contributed by atoms with Crippen LogP contribution in [0.15, 0.2) is 24.3 Å². The maximum absolute atomic E-state index is 11.8. The van der Waals surface area contributed by atoms with Crippen LogP contribution in [0.4, 0.5) is 0 Å². The van der Waals surface area contributed by atoms with Crippen LogP contribution >= 0.6 is 0 Å². The first-order valence-corrected chi connectivity index (χ1v) is 8.64. The SMILES string of the molecule is O=C1CCC2C(CCN3Cc4[nH]c5ccccc5c4CC23)C1. The van der Waals surface area contributed by atoms with Gasteiger partial charge >= 0.3 is 0 Å². The molecule has 3 heteroatoms. The number of rotatable bonds is 0. The molecule has 1 saturated heterocycles. The van der Waals surface area contributed by atoms with Crippen molar-refractivity contribution in [2.24, 2.45) is 11.8 Å². The third-order valence-corrected chi connectivity index (χ3v) is 6.28. The number of ketones is 1. The van der Waals surface area contributed by atoms with E-state index in [0.717, 1.165) is 44.7 Å². The number of hydrogen-bond acceptors (Lipinski definition) is 2. The van der Waals surface area contributed by atoms with E-state index in [1.807, 2.05) is 0 Å². The molecular formula is C19H22N2O. The minimum Gasteiger partial charge on any atom is -0.357 e. The van der Waals surface area contributed by atoms with Gasteiger partial charge in [0.1, 0.15) is 5.78 Å². The zero-order valence-electron chi connectivity index (χ0n) is 12.8. The lowest BCUT2D eigenvalue weighted by molar-refractivity contribution is -0.125. The molecule has 0 radical (unpaired) electrons. The molecule has 0 amide bonds. The maximum atomic E-state index is 11.8. The Hall–Kier alpha value is -1.61. The highest BCUT2D eigenvalue weighted by Crippen LogP contribution is 2.43. The molecule has 1 aliphatic carbocycles. The lowest BCUT2D eigenvalue weighted by Crippen LogP contribution is -2.53. The highest BCUT2D eigenvalue weighted by atomic mass is 16.1. The Balaban J connectivity index is 1.53. The number of piperidine rings is 1. The Labute approximate surface area is 130 Å². The molecule has 1 aromatic carbocycles. The van der Waals surface area contributed by atoms with Crippen molar-refractivity contribution in [3.63, 3.8) is 0 Å². The maximum Gasteiger partial charge on any atom is 0.133 e. The molecule has 3 heterocycles. The number of fused-ring (bicyclic) bond motifs is 6. The van der Waals surface area contributed by atoms with Gasteiger partial charge in [-0.2, -0.15) is 0 Å². The fraction of sp³-hybridized carbons (Fsp3) is 0.526. The van der Waals surface area contributed by atoms with Crippen LogP contribution < -0.4 is 0 Å². The molecule has 114 valence electrons. The van der Waals surface area contributed by atoms with Gasteiger partial charge in [-0.1, -0.05) is 18.2 Å². The first kappa shape index (κ1) is 12.9. The van der Waals surface area contributed by atoms with E-state index in [-0.39, 0.29) is 0 Å². The van der Waals surface area contributed by atoms with Crippen molar-refractivity contribution in [3.05, 3.63) is 35.5 Å². The number of nitrogens with one attached hydrogen (secondary N) is 1. The third kappa shape index (κ3) is 1.81. The fourth-order valence-corrected chi connectivity index (χ4v) is 5.21. The number of carbonyl (C=O) groups excluding carboxylic acids is 1. The number of aromatic nitrogens is 1. The van der Waals surface area contributed by atoms with Crippen molar-refractivity contribution in [1.82, 2.24) is 9.88 Å². The van der Waals surface area contributed by atoms with Crippen molar-refractivity contribution in [1.29, 1.82) is 0 Å². The number of hydrogen-bond donors (Lipinski definition) is 1. The van der Waals surface area contributed by atoms with Gasteiger partial charge in [0, 0.05) is 42.0 Å². The van der Waals surface area contributed by atoms with E-state index in [4.69, 9.17) is 0 Å². The zero-order chi connectivity index (χ0) is 14.7. The molecule has 3 atom stereocenters. The quantitative estimate of drug-likeness (QED) is 0.809. The summed E-state index contributed by atoms with van der Waals surface area (Å²) >= 11 is 0. The van der Waals surface area contributed by atoms with Gasteiger partial charge in [0.25, 0.3) is 0 Å². The lowest BCUT2D eigenvalue weighted by Gasteiger charge is -2.49. The molecule has 3 unspecified atom stereocenters. The largest absolute Gasteiger partial charge is 0.357 e. The van der Waals surface area contributed by atoms with Crippen LogP contribution in [-0.4, -0.2) is 28.3 Å². The summed E-state index contributed by atoms with van der Waals surface area (Å²) < 4.78 is 0. The topological polar surface area (TPSA) is 36.1 Å². The Bertz CT molecular complexity index is 747. The van der Waals surface area contributed by atoms with Crippen molar-refractivity contribution in [2.75, 3.05) is 6.54 Å². The highest BCUT2D eigenvalue weighted by molar-refractivity contribution is 5.85. The number of H-pyrrole nitrogens is 1. The van der Waals surface area contributed by atoms with E-state index in [1.54, 1.807) is 0 Å². The summed E-state index contributed by atoms with van der Waals surface area (Å²) in [5.41, 5.74) is 4.24. The first-order chi connectivity index (χ1) is 10.8. The molecule has 1 saturated carbocycles. The van der Waals surface area contributed by atoms with E-state index in [1.165, 1.54) is 28.6 Å². The van der Waals surface area contributed by atoms with E-state index in [0.29, 0.717) is 17.7 Å². The standard InChI is InChI=1S/C19H22N2O/c22-13-5-6-14-12(9-13)7-8-21-11-18-16(10-19(14)21)15-3-1-2-4-17(15)20-18/h1-4,12,14,19-20H,5-11H2. The Morgan fingerprint density at radius 1 is 1.14 bits per heavy atom. The number of benzene rings is 1. The van der Waals surface area contributed by atoms with Crippen LogP contribution in [0, 0.1) is 11.8 Å². The van der Waals surface area contributed by atoms with Gasteiger partial charge in [-0.05, 0) is 49.3 Å². The van der Waals surface area contributed by atoms with Gasteiger partial charge < -0.3 is 4.98 Å². The van der Waals surface area contributed by atoms with Crippen LogP contribution in [0.5, 0.6) is 0 Å². The zero-order valence-corrected chi connectivity index (χ0v) is 12.8. The Morgan fingerprint density at radius 3 is 3.00 bits per heavy atom. The molecule has 2 fully saturated rings. The number of carbonyl (C=O) groups is 1. The molecule has 1 N–H and O–H groups in total. The monoisotopic (exact) mass is 294 g/mol. The average molecular weight is 294 g/mol. The molecular weight excluding hydrogens is 272 g/mol. The van der Waals surface area contributed by atoms with E-state index in [9.17, 15) is 4.79 Å². The van der Waals surface area contributed by atoms with E-state index < -0.39 is 0 Å². The Kier molecular flexibility index (Phi) is 2.75. The molecule has 0 bridgehead atoms. The average Bonchev–Trinajstić information content (AvgIpc) is 2.90. The molecule has 3 aliphatic rings. The van der Waals surface area contributed by atoms with Gasteiger partial charge in [-0.15, -0.1) is 0 Å². The highest BCUT2D eigenvalue weighted by Gasteiger charge is 2.43. The predicted molar refractivity (Wildman–Crippen MR) is 86.7 cm³/mol. The summed E-state index contributed by atoms with van der Waals surface area (Å²) in [6.07, 6.45) is 5.14. The summed E-state index contributed by atoms with van der Waals surface area (Å²) in [4.78, 5) is 18.1. The lowest BCUT2D eigenvalue weighted by atomic mass is 9.68.